The van der Waals surface area contributed by atoms with Crippen molar-refractivity contribution in [3.63, 3.8) is 0 Å². The van der Waals surface area contributed by atoms with Crippen molar-refractivity contribution >= 4 is 5.97 Å². The van der Waals surface area contributed by atoms with Gasteiger partial charge in [0.25, 0.3) is 0 Å². The van der Waals surface area contributed by atoms with E-state index in [0.717, 1.165) is 11.1 Å². The zero-order chi connectivity index (χ0) is 8.85. The molecule has 0 atom stereocenters. The Hall–Kier alpha value is -1.23. The summed E-state index contributed by atoms with van der Waals surface area (Å²) in [5.41, 5.74) is 1.82. The highest BCUT2D eigenvalue weighted by atomic mass is 16.4. The Morgan fingerprint density at radius 1 is 1.45 bits per heavy atom. The number of carboxylic acid groups (broad SMARTS) is 1. The fourth-order valence-corrected chi connectivity index (χ4v) is 0.605. The quantitative estimate of drug-likeness (QED) is 0.626. The molecule has 11 heavy (non-hydrogen) atoms. The molecule has 0 bridgehead atoms. The van der Waals surface area contributed by atoms with E-state index in [4.69, 9.17) is 11.5 Å². The lowest BCUT2D eigenvalue weighted by Gasteiger charge is -1.98. The largest absolute Gasteiger partial charge is 0.481 e. The molecule has 0 amide bonds. The van der Waals surface area contributed by atoms with E-state index in [1.807, 2.05) is 13.8 Å². The van der Waals surface area contributed by atoms with Gasteiger partial charge in [-0.05, 0) is 25.8 Å². The Labute approximate surface area is 66.9 Å². The lowest BCUT2D eigenvalue weighted by atomic mass is 10.1. The average Bonchev–Trinajstić information content (AvgIpc) is 1.98. The minimum Gasteiger partial charge on any atom is -0.481 e. The Bertz CT molecular complexity index is 218. The van der Waals surface area contributed by atoms with E-state index < -0.39 is 5.97 Å². The maximum absolute atomic E-state index is 10.1. The molecule has 2 nitrogen and oxygen atoms in total. The molecule has 1 N–H and O–H groups in total. The van der Waals surface area contributed by atoms with Crippen LogP contribution in [0.25, 0.3) is 0 Å². The van der Waals surface area contributed by atoms with E-state index >= 15 is 0 Å². The molecule has 0 saturated heterocycles. The van der Waals surface area contributed by atoms with E-state index in [-0.39, 0.29) is 6.42 Å². The summed E-state index contributed by atoms with van der Waals surface area (Å²) in [4.78, 5) is 10.1. The minimum absolute atomic E-state index is 0.158. The topological polar surface area (TPSA) is 37.3 Å². The van der Waals surface area contributed by atoms with E-state index in [0.29, 0.717) is 6.42 Å². The van der Waals surface area contributed by atoms with Gasteiger partial charge in [-0.3, -0.25) is 4.79 Å². The van der Waals surface area contributed by atoms with Gasteiger partial charge in [-0.15, -0.1) is 6.42 Å². The van der Waals surface area contributed by atoms with Gasteiger partial charge in [-0.25, -0.2) is 0 Å². The molecule has 0 heterocycles. The number of rotatable bonds is 3. The third-order valence-corrected chi connectivity index (χ3v) is 1.57. The average molecular weight is 152 g/mol. The van der Waals surface area contributed by atoms with Gasteiger partial charge < -0.3 is 5.11 Å². The summed E-state index contributed by atoms with van der Waals surface area (Å²) in [7, 11) is 0. The van der Waals surface area contributed by atoms with Crippen LogP contribution >= 0.6 is 0 Å². The first-order valence-electron chi connectivity index (χ1n) is 3.42. The molecule has 0 saturated carbocycles. The summed E-state index contributed by atoms with van der Waals surface area (Å²) in [5.74, 6) is 1.69. The molecule has 0 aromatic rings. The number of allylic oxidation sites excluding steroid dienone is 2. The van der Waals surface area contributed by atoms with Crippen molar-refractivity contribution in [1.82, 2.24) is 0 Å². The van der Waals surface area contributed by atoms with Crippen molar-refractivity contribution in [3.8, 4) is 12.3 Å². The van der Waals surface area contributed by atoms with Crippen LogP contribution in [0.3, 0.4) is 0 Å². The molecule has 0 aliphatic carbocycles. The highest BCUT2D eigenvalue weighted by Crippen LogP contribution is 2.08. The molecule has 2 heteroatoms. The Balaban J connectivity index is 3.99. The van der Waals surface area contributed by atoms with Crippen LogP contribution in [0.2, 0.25) is 0 Å². The first-order valence-corrected chi connectivity index (χ1v) is 3.42. The lowest BCUT2D eigenvalue weighted by molar-refractivity contribution is -0.136. The maximum atomic E-state index is 10.1. The predicted molar refractivity (Wildman–Crippen MR) is 44.1 cm³/mol. The summed E-state index contributed by atoms with van der Waals surface area (Å²) < 4.78 is 0. The maximum Gasteiger partial charge on any atom is 0.303 e. The Morgan fingerprint density at radius 2 is 2.00 bits per heavy atom. The van der Waals surface area contributed by atoms with Crippen molar-refractivity contribution in [2.24, 2.45) is 0 Å². The number of carbonyl (C=O) groups is 1. The normalized spacial score (nSPS) is 11.7. The molecule has 0 fully saturated rings. The van der Waals surface area contributed by atoms with Gasteiger partial charge in [0.05, 0.1) is 0 Å². The van der Waals surface area contributed by atoms with Gasteiger partial charge in [-0.2, -0.15) is 0 Å². The third-order valence-electron chi connectivity index (χ3n) is 1.57. The highest BCUT2D eigenvalue weighted by Gasteiger charge is 1.99. The number of hydrogen-bond acceptors (Lipinski definition) is 1. The fraction of sp³-hybridized carbons (Fsp3) is 0.444. The molecule has 0 rings (SSSR count). The lowest BCUT2D eigenvalue weighted by Crippen LogP contribution is -1.95. The monoisotopic (exact) mass is 152 g/mol. The van der Waals surface area contributed by atoms with Crippen LogP contribution in [0.1, 0.15) is 26.7 Å². The van der Waals surface area contributed by atoms with Crippen LogP contribution in [0.15, 0.2) is 11.1 Å². The van der Waals surface area contributed by atoms with Crippen molar-refractivity contribution < 1.29 is 9.90 Å². The predicted octanol–water partition coefficient (Wildman–Crippen LogP) is 1.82. The molecule has 60 valence electrons. The Kier molecular flexibility index (Phi) is 4.05. The summed E-state index contributed by atoms with van der Waals surface area (Å²) in [6.45, 7) is 3.68. The summed E-state index contributed by atoms with van der Waals surface area (Å²) in [6, 6.07) is 0. The molecule has 0 radical (unpaired) electrons. The van der Waals surface area contributed by atoms with Gasteiger partial charge in [-0.1, -0.05) is 11.5 Å². The van der Waals surface area contributed by atoms with Crippen LogP contribution in [0.4, 0.5) is 0 Å². The summed E-state index contributed by atoms with van der Waals surface area (Å²) in [5, 5.41) is 8.34. The van der Waals surface area contributed by atoms with E-state index in [1.54, 1.807) is 0 Å². The first kappa shape index (κ1) is 9.77. The van der Waals surface area contributed by atoms with Gasteiger partial charge >= 0.3 is 5.97 Å². The van der Waals surface area contributed by atoms with Crippen molar-refractivity contribution in [1.29, 1.82) is 0 Å². The van der Waals surface area contributed by atoms with E-state index in [1.165, 1.54) is 0 Å². The first-order chi connectivity index (χ1) is 5.07. The van der Waals surface area contributed by atoms with Crippen LogP contribution in [-0.2, 0) is 4.79 Å². The van der Waals surface area contributed by atoms with Gasteiger partial charge in [0.15, 0.2) is 0 Å². The van der Waals surface area contributed by atoms with Crippen molar-refractivity contribution in [2.75, 3.05) is 0 Å². The smallest absolute Gasteiger partial charge is 0.303 e. The molecule has 0 unspecified atom stereocenters. The fourth-order valence-electron chi connectivity index (χ4n) is 0.605. The second kappa shape index (κ2) is 4.56. The molecule has 0 spiro atoms. The van der Waals surface area contributed by atoms with Crippen molar-refractivity contribution in [2.45, 2.75) is 26.7 Å². The van der Waals surface area contributed by atoms with E-state index in [9.17, 15) is 4.79 Å². The van der Waals surface area contributed by atoms with Gasteiger partial charge in [0.2, 0.25) is 0 Å². The van der Waals surface area contributed by atoms with Crippen molar-refractivity contribution in [3.05, 3.63) is 11.1 Å². The minimum atomic E-state index is -0.783. The van der Waals surface area contributed by atoms with Crippen LogP contribution in [-0.4, -0.2) is 11.1 Å². The number of carboxylic acids is 1. The molecular formula is C9H12O2. The molecule has 0 aromatic heterocycles. The van der Waals surface area contributed by atoms with E-state index in [2.05, 4.69) is 5.92 Å². The molecule has 0 aliphatic rings. The molecular weight excluding hydrogens is 140 g/mol. The molecule has 0 aliphatic heterocycles. The second-order valence-electron chi connectivity index (χ2n) is 2.44. The van der Waals surface area contributed by atoms with Crippen LogP contribution in [0.5, 0.6) is 0 Å². The van der Waals surface area contributed by atoms with Crippen LogP contribution < -0.4 is 0 Å². The van der Waals surface area contributed by atoms with Crippen LogP contribution in [0, 0.1) is 12.3 Å². The number of hydrogen-bond donors (Lipinski definition) is 1. The third kappa shape index (κ3) is 4.21. The van der Waals surface area contributed by atoms with Gasteiger partial charge in [0, 0.05) is 6.42 Å². The van der Waals surface area contributed by atoms with Gasteiger partial charge in [0.1, 0.15) is 0 Å². The summed E-state index contributed by atoms with van der Waals surface area (Å²) >= 11 is 0. The SMILES string of the molecule is C#CC(C)=C(C)CCC(=O)O. The number of aliphatic carboxylic acids is 1. The second-order valence-corrected chi connectivity index (χ2v) is 2.44. The number of terminal acetylenes is 1. The highest BCUT2D eigenvalue weighted by molar-refractivity contribution is 5.67. The zero-order valence-corrected chi connectivity index (χ0v) is 6.85. The molecule has 0 aromatic carbocycles. The Morgan fingerprint density at radius 3 is 2.36 bits per heavy atom. The zero-order valence-electron chi connectivity index (χ0n) is 6.85. The summed E-state index contributed by atoms with van der Waals surface area (Å²) in [6.07, 6.45) is 5.83. The standard InChI is InChI=1S/C9H12O2/c1-4-7(2)8(3)5-6-9(10)11/h1H,5-6H2,2-3H3,(H,10,11).